The Bertz CT molecular complexity index is 2060. The number of hydrogen-bond acceptors (Lipinski definition) is 36. The molecule has 38 nitrogen and oxygen atoms in total. The first kappa shape index (κ1) is 69.1. The van der Waals surface area contributed by atoms with Crippen LogP contribution in [-0.2, 0) is 71.2 Å². The van der Waals surface area contributed by atoms with Crippen molar-refractivity contribution in [3.05, 3.63) is 0 Å². The molecule has 1 unspecified atom stereocenters. The van der Waals surface area contributed by atoms with Gasteiger partial charge in [0.15, 0.2) is 44.0 Å². The highest BCUT2D eigenvalue weighted by molar-refractivity contribution is 5.73. The van der Waals surface area contributed by atoms with Crippen LogP contribution in [0.4, 0.5) is 0 Å². The van der Waals surface area contributed by atoms with Gasteiger partial charge in [-0.3, -0.25) is 9.59 Å². The monoisotopic (exact) mass is 1230 g/mol. The second-order valence-electron chi connectivity index (χ2n) is 21.1. The molecular formula is C46H78N2O36. The first-order valence-corrected chi connectivity index (χ1v) is 26.6. The summed E-state index contributed by atoms with van der Waals surface area (Å²) in [5.74, 6) is -1.75. The summed E-state index contributed by atoms with van der Waals surface area (Å²) >= 11 is 0. The van der Waals surface area contributed by atoms with Crippen molar-refractivity contribution in [2.24, 2.45) is 0 Å². The summed E-state index contributed by atoms with van der Waals surface area (Å²) in [7, 11) is 0. The van der Waals surface area contributed by atoms with Crippen molar-refractivity contribution in [2.45, 2.75) is 229 Å². The van der Waals surface area contributed by atoms with E-state index in [9.17, 15) is 117 Å². The fourth-order valence-corrected chi connectivity index (χ4v) is 10.7. The summed E-state index contributed by atoms with van der Waals surface area (Å²) in [6, 6.07) is -3.61. The van der Waals surface area contributed by atoms with E-state index in [1.54, 1.807) is 0 Å². The molecule has 0 aliphatic carbocycles. The SMILES string of the molecule is CC(=O)N[C@H]1[C@H](OC[C@H]2O[C@@H](O[C@H]3[C@H](O)[C@@H](O)C(O)O[C@@H]3CO)[C@H](O)[C@@H](O[C@@H]3O[C@H](CO)[C@@H](O[C@@H]4O[C@H](CO)[C@H](O)[C@H](O[C@H]5O[C@H](CO)[C@H](O)[C@H](O)[C@H]5O)[C@H]4O)[C@H](O)[C@H]3NC(C)=O)[C@H]2O)O[C@H](CO)[C@@H](O[C@@H]2O[C@H](CO)[C@H](O)[C@H](O)[C@H]2O)[C@@H]1O. The molecule has 7 heterocycles. The third-order valence-electron chi connectivity index (χ3n) is 15.3. The maximum Gasteiger partial charge on any atom is 0.217 e. The topological polar surface area (TPSA) is 603 Å². The van der Waals surface area contributed by atoms with Crippen molar-refractivity contribution in [1.82, 2.24) is 10.6 Å². The Balaban J connectivity index is 1.14. The van der Waals surface area contributed by atoms with Crippen LogP contribution >= 0.6 is 0 Å². The lowest BCUT2D eigenvalue weighted by Crippen LogP contribution is -2.70. The molecule has 84 heavy (non-hydrogen) atoms. The number of ether oxygens (including phenoxy) is 13. The Kier molecular flexibility index (Phi) is 24.6. The van der Waals surface area contributed by atoms with Gasteiger partial charge in [0.25, 0.3) is 0 Å². The van der Waals surface area contributed by atoms with Crippen molar-refractivity contribution in [1.29, 1.82) is 0 Å². The zero-order valence-corrected chi connectivity index (χ0v) is 44.7. The highest BCUT2D eigenvalue weighted by Crippen LogP contribution is 2.37. The van der Waals surface area contributed by atoms with Crippen LogP contribution in [0.1, 0.15) is 13.8 Å². The van der Waals surface area contributed by atoms with Crippen molar-refractivity contribution in [2.75, 3.05) is 46.2 Å². The Hall–Kier alpha value is -2.42. The maximum absolute atomic E-state index is 12.8. The predicted octanol–water partition coefficient (Wildman–Crippen LogP) is -16.0. The highest BCUT2D eigenvalue weighted by Gasteiger charge is 2.58. The first-order chi connectivity index (χ1) is 39.7. The van der Waals surface area contributed by atoms with E-state index in [4.69, 9.17) is 61.6 Å². The Morgan fingerprint density at radius 1 is 0.310 bits per heavy atom. The molecule has 7 rings (SSSR count). The van der Waals surface area contributed by atoms with Gasteiger partial charge >= 0.3 is 0 Å². The molecule has 7 saturated heterocycles. The Morgan fingerprint density at radius 3 is 1.04 bits per heavy atom. The summed E-state index contributed by atoms with van der Waals surface area (Å²) in [6.07, 6.45) is -64.4. The first-order valence-electron chi connectivity index (χ1n) is 26.6. The lowest BCUT2D eigenvalue weighted by molar-refractivity contribution is -0.388. The fourth-order valence-electron chi connectivity index (χ4n) is 10.7. The fraction of sp³-hybridized carbons (Fsp3) is 0.957. The summed E-state index contributed by atoms with van der Waals surface area (Å²) in [5.41, 5.74) is 0. The molecule has 38 heteroatoms. The number of carbonyl (C=O) groups excluding carboxylic acids is 2. The molecule has 35 atom stereocenters. The van der Waals surface area contributed by atoms with E-state index < -0.39 is 273 Å². The van der Waals surface area contributed by atoms with Gasteiger partial charge < -0.3 is 179 Å². The van der Waals surface area contributed by atoms with Crippen molar-refractivity contribution >= 4 is 11.8 Å². The average Bonchev–Trinajstić information content (AvgIpc) is 2.99. The van der Waals surface area contributed by atoms with Crippen LogP contribution in [-0.4, -0.2) is 380 Å². The zero-order chi connectivity index (χ0) is 61.9. The molecule has 0 aromatic rings. The molecule has 0 bridgehead atoms. The lowest BCUT2D eigenvalue weighted by atomic mass is 9.94. The quantitative estimate of drug-likeness (QED) is 0.0507. The smallest absolute Gasteiger partial charge is 0.217 e. The van der Waals surface area contributed by atoms with Gasteiger partial charge in [-0.25, -0.2) is 0 Å². The molecule has 0 spiro atoms. The molecule has 7 aliphatic rings. The molecule has 0 aromatic heterocycles. The molecule has 7 fully saturated rings. The van der Waals surface area contributed by atoms with E-state index in [0.29, 0.717) is 0 Å². The number of aliphatic hydroxyl groups is 21. The van der Waals surface area contributed by atoms with Crippen LogP contribution in [0.3, 0.4) is 0 Å². The van der Waals surface area contributed by atoms with Gasteiger partial charge in [-0.15, -0.1) is 0 Å². The van der Waals surface area contributed by atoms with E-state index >= 15 is 0 Å². The summed E-state index contributed by atoms with van der Waals surface area (Å²) in [4.78, 5) is 25.4. The normalized spacial score (nSPS) is 50.3. The lowest BCUT2D eigenvalue weighted by Gasteiger charge is -2.50. The molecule has 7 aliphatic heterocycles. The minimum absolute atomic E-state index is 0.832. The maximum atomic E-state index is 12.8. The minimum Gasteiger partial charge on any atom is -0.394 e. The van der Waals surface area contributed by atoms with Gasteiger partial charge in [0.2, 0.25) is 11.8 Å². The summed E-state index contributed by atoms with van der Waals surface area (Å²) < 4.78 is 74.4. The number of carbonyl (C=O) groups is 2. The van der Waals surface area contributed by atoms with Gasteiger partial charge in [0.05, 0.1) is 46.2 Å². The van der Waals surface area contributed by atoms with Gasteiger partial charge in [0, 0.05) is 13.8 Å². The minimum atomic E-state index is -2.32. The number of nitrogens with one attached hydrogen (secondary N) is 2. The second-order valence-corrected chi connectivity index (χ2v) is 21.1. The van der Waals surface area contributed by atoms with Crippen molar-refractivity contribution < 1.29 is 178 Å². The van der Waals surface area contributed by atoms with Crippen molar-refractivity contribution in [3.8, 4) is 0 Å². The van der Waals surface area contributed by atoms with Gasteiger partial charge in [-0.05, 0) is 0 Å². The largest absolute Gasteiger partial charge is 0.394 e. The molecule has 2 amide bonds. The van der Waals surface area contributed by atoms with E-state index in [0.717, 1.165) is 13.8 Å². The summed E-state index contributed by atoms with van der Waals surface area (Å²) in [5, 5.41) is 230. The second kappa shape index (κ2) is 29.9. The standard InChI is InChI=1S/C46H78N2O36/c1-10(55)47-19-25(61)35(80-43-31(67)27(63)21(57)12(3-49)74-43)16(7-53)77-41(19)72-9-18-24(60)39(34(70)46(79-18)82-37-15(6-52)73-40(71)30(66)29(37)65)83-42-20(48-11(2)56)26(62)36(17(8-54)78-42)81-45-33(69)38(23(59)14(5-51)76-45)84-44-32(68)28(64)22(58)13(4-50)75-44/h12-46,49-54,57-71H,3-9H2,1-2H3,(H,47,55)(H,48,56)/t12-,13-,14-,15-,16-,17-,18-,19-,20-,21+,22+,23+,24+,25-,26-,27+,28+,29-,30-,31-,32-,33-,34-,35-,36-,37-,38+,39+,40?,41-,42+,43+,44-,45+,46+/m1/s1. The van der Waals surface area contributed by atoms with Gasteiger partial charge in [-0.2, -0.15) is 0 Å². The van der Waals surface area contributed by atoms with Crippen LogP contribution in [0.25, 0.3) is 0 Å². The number of amides is 2. The average molecular weight is 1240 g/mol. The van der Waals surface area contributed by atoms with Crippen LogP contribution in [0, 0.1) is 0 Å². The number of hydrogen-bond donors (Lipinski definition) is 23. The third kappa shape index (κ3) is 14.7. The molecule has 23 N–H and O–H groups in total. The zero-order valence-electron chi connectivity index (χ0n) is 44.7. The van der Waals surface area contributed by atoms with E-state index in [2.05, 4.69) is 10.6 Å². The highest BCUT2D eigenvalue weighted by atomic mass is 16.8. The molecule has 0 aromatic carbocycles. The van der Waals surface area contributed by atoms with Crippen LogP contribution in [0.2, 0.25) is 0 Å². The van der Waals surface area contributed by atoms with Crippen LogP contribution in [0.5, 0.6) is 0 Å². The van der Waals surface area contributed by atoms with E-state index in [1.165, 1.54) is 0 Å². The number of rotatable bonds is 21. The Labute approximate surface area is 475 Å². The van der Waals surface area contributed by atoms with Crippen molar-refractivity contribution in [3.63, 3.8) is 0 Å². The van der Waals surface area contributed by atoms with Gasteiger partial charge in [-0.1, -0.05) is 0 Å². The summed E-state index contributed by atoms with van der Waals surface area (Å²) in [6.45, 7) is -4.93. The van der Waals surface area contributed by atoms with E-state index in [-0.39, 0.29) is 0 Å². The third-order valence-corrected chi connectivity index (χ3v) is 15.3. The number of aliphatic hydroxyl groups excluding tert-OH is 21. The van der Waals surface area contributed by atoms with Crippen LogP contribution in [0.15, 0.2) is 0 Å². The van der Waals surface area contributed by atoms with E-state index in [1.807, 2.05) is 0 Å². The molecule has 0 radical (unpaired) electrons. The van der Waals surface area contributed by atoms with Crippen LogP contribution < -0.4 is 10.6 Å². The Morgan fingerprint density at radius 2 is 0.619 bits per heavy atom. The van der Waals surface area contributed by atoms with Gasteiger partial charge in [0.1, 0.15) is 171 Å². The molecule has 488 valence electrons. The predicted molar refractivity (Wildman–Crippen MR) is 255 cm³/mol. The molecular weight excluding hydrogens is 1160 g/mol. The molecule has 0 saturated carbocycles.